The first-order valence-electron chi connectivity index (χ1n) is 7.28. The molecule has 1 saturated carbocycles. The van der Waals surface area contributed by atoms with Crippen LogP contribution in [-0.4, -0.2) is 31.3 Å². The van der Waals surface area contributed by atoms with E-state index in [2.05, 4.69) is 33.1 Å². The zero-order chi connectivity index (χ0) is 15.6. The molecule has 116 valence electrons. The number of hydrogen-bond acceptors (Lipinski definition) is 4. The van der Waals surface area contributed by atoms with Gasteiger partial charge in [-0.15, -0.1) is 11.3 Å². The average molecular weight is 373 g/mol. The summed E-state index contributed by atoms with van der Waals surface area (Å²) in [4.78, 5) is 25.8. The van der Waals surface area contributed by atoms with Crippen LogP contribution in [0, 0.1) is 6.92 Å². The Hall–Kier alpha value is -0.880. The number of amides is 1. The molecule has 0 unspecified atom stereocenters. The minimum absolute atomic E-state index is 0.0586. The predicted octanol–water partition coefficient (Wildman–Crippen LogP) is 3.52. The van der Waals surface area contributed by atoms with Crippen molar-refractivity contribution in [2.75, 3.05) is 18.5 Å². The number of hydrogen-bond donors (Lipinski definition) is 1. The zero-order valence-electron chi connectivity index (χ0n) is 12.7. The molecule has 1 fully saturated rings. The number of thiophene rings is 1. The third kappa shape index (κ3) is 3.31. The van der Waals surface area contributed by atoms with E-state index >= 15 is 0 Å². The molecule has 0 saturated heterocycles. The van der Waals surface area contributed by atoms with E-state index < -0.39 is 0 Å². The molecule has 0 spiro atoms. The fourth-order valence-corrected chi connectivity index (χ4v) is 5.03. The Balaban J connectivity index is 2.30. The maximum absolute atomic E-state index is 12.0. The van der Waals surface area contributed by atoms with Crippen molar-refractivity contribution in [1.29, 1.82) is 0 Å². The molecular weight excluding hydrogens is 352 g/mol. The van der Waals surface area contributed by atoms with Gasteiger partial charge < -0.3 is 10.2 Å². The van der Waals surface area contributed by atoms with Crippen molar-refractivity contribution in [2.45, 2.75) is 45.6 Å². The number of carbonyl (C=O) groups is 2. The highest BCUT2D eigenvalue weighted by Crippen LogP contribution is 2.41. The van der Waals surface area contributed by atoms with E-state index in [9.17, 15) is 9.59 Å². The molecule has 1 aromatic rings. The standard InChI is InChI=1S/C15H21BrN2O2S/c1-4-18(10-5-7-11(19)8-6-10)15-9(2)12(13(16)21-15)14(20)17-3/h10H,4-8H2,1-3H3,(H,17,20). The number of nitrogens with zero attached hydrogens (tertiary/aromatic N) is 1. The topological polar surface area (TPSA) is 49.4 Å². The minimum atomic E-state index is -0.0586. The number of carbonyl (C=O) groups excluding carboxylic acids is 2. The third-order valence-electron chi connectivity index (χ3n) is 4.09. The lowest BCUT2D eigenvalue weighted by Gasteiger charge is -2.34. The molecule has 0 atom stereocenters. The quantitative estimate of drug-likeness (QED) is 0.879. The van der Waals surface area contributed by atoms with E-state index in [4.69, 9.17) is 0 Å². The summed E-state index contributed by atoms with van der Waals surface area (Å²) in [6, 6.07) is 0.398. The first-order chi connectivity index (χ1) is 9.99. The second-order valence-corrected chi connectivity index (χ2v) is 7.63. The Bertz CT molecular complexity index is 546. The Kier molecular flexibility index (Phi) is 5.43. The van der Waals surface area contributed by atoms with Gasteiger partial charge in [0, 0.05) is 32.5 Å². The lowest BCUT2D eigenvalue weighted by molar-refractivity contribution is -0.120. The molecule has 1 aromatic heterocycles. The Morgan fingerprint density at radius 1 is 1.43 bits per heavy atom. The summed E-state index contributed by atoms with van der Waals surface area (Å²) < 4.78 is 0.875. The molecule has 1 amide bonds. The minimum Gasteiger partial charge on any atom is -0.360 e. The molecule has 4 nitrogen and oxygen atoms in total. The van der Waals surface area contributed by atoms with E-state index in [1.165, 1.54) is 0 Å². The van der Waals surface area contributed by atoms with Crippen LogP contribution in [0.15, 0.2) is 3.79 Å². The molecule has 0 aliphatic heterocycles. The molecule has 0 aromatic carbocycles. The normalized spacial score (nSPS) is 16.1. The van der Waals surface area contributed by atoms with Gasteiger partial charge in [-0.1, -0.05) is 0 Å². The molecule has 1 aliphatic carbocycles. The number of anilines is 1. The van der Waals surface area contributed by atoms with Crippen molar-refractivity contribution in [3.8, 4) is 0 Å². The summed E-state index contributed by atoms with van der Waals surface area (Å²) in [5.74, 6) is 0.314. The van der Waals surface area contributed by atoms with Gasteiger partial charge in [-0.25, -0.2) is 0 Å². The van der Waals surface area contributed by atoms with Gasteiger partial charge in [-0.2, -0.15) is 0 Å². The van der Waals surface area contributed by atoms with Gasteiger partial charge in [0.05, 0.1) is 14.4 Å². The van der Waals surface area contributed by atoms with E-state index in [0.717, 1.165) is 39.3 Å². The van der Waals surface area contributed by atoms with E-state index in [1.807, 2.05) is 6.92 Å². The molecular formula is C15H21BrN2O2S. The largest absolute Gasteiger partial charge is 0.360 e. The summed E-state index contributed by atoms with van der Waals surface area (Å²) in [6.45, 7) is 5.01. The fourth-order valence-electron chi connectivity index (χ4n) is 2.93. The third-order valence-corrected chi connectivity index (χ3v) is 6.09. The number of halogens is 1. The number of ketones is 1. The van der Waals surface area contributed by atoms with Gasteiger partial charge in [0.25, 0.3) is 5.91 Å². The molecule has 6 heteroatoms. The van der Waals surface area contributed by atoms with Gasteiger partial charge in [0.1, 0.15) is 5.78 Å². The Morgan fingerprint density at radius 3 is 2.57 bits per heavy atom. The lowest BCUT2D eigenvalue weighted by atomic mass is 9.93. The molecule has 1 N–H and O–H groups in total. The average Bonchev–Trinajstić information content (AvgIpc) is 2.76. The van der Waals surface area contributed by atoms with Crippen molar-refractivity contribution in [2.24, 2.45) is 0 Å². The van der Waals surface area contributed by atoms with Gasteiger partial charge in [-0.05, 0) is 48.2 Å². The molecule has 1 heterocycles. The second-order valence-electron chi connectivity index (χ2n) is 5.32. The number of Topliss-reactive ketones (excluding diaryl/α,β-unsaturated/α-hetero) is 1. The smallest absolute Gasteiger partial charge is 0.253 e. The van der Waals surface area contributed by atoms with Crippen molar-refractivity contribution < 1.29 is 9.59 Å². The predicted molar refractivity (Wildman–Crippen MR) is 90.4 cm³/mol. The van der Waals surface area contributed by atoms with Crippen LogP contribution in [0.3, 0.4) is 0 Å². The summed E-state index contributed by atoms with van der Waals surface area (Å²) in [5.41, 5.74) is 1.74. The van der Waals surface area contributed by atoms with Gasteiger partial charge in [0.15, 0.2) is 0 Å². The summed E-state index contributed by atoms with van der Waals surface area (Å²) in [7, 11) is 1.65. The number of rotatable bonds is 4. The van der Waals surface area contributed by atoms with Crippen LogP contribution in [0.4, 0.5) is 5.00 Å². The summed E-state index contributed by atoms with van der Waals surface area (Å²) in [6.07, 6.45) is 3.18. The second kappa shape index (κ2) is 6.92. The van der Waals surface area contributed by atoms with Gasteiger partial charge in [0.2, 0.25) is 0 Å². The lowest BCUT2D eigenvalue weighted by Crippen LogP contribution is -2.38. The van der Waals surface area contributed by atoms with Crippen LogP contribution in [0.1, 0.15) is 48.5 Å². The maximum Gasteiger partial charge on any atom is 0.253 e. The summed E-state index contributed by atoms with van der Waals surface area (Å²) in [5, 5.41) is 3.83. The van der Waals surface area contributed by atoms with Crippen molar-refractivity contribution >= 4 is 44.0 Å². The molecule has 0 bridgehead atoms. The van der Waals surface area contributed by atoms with Gasteiger partial charge >= 0.3 is 0 Å². The van der Waals surface area contributed by atoms with Crippen LogP contribution < -0.4 is 10.2 Å². The fraction of sp³-hybridized carbons (Fsp3) is 0.600. The maximum atomic E-state index is 12.0. The highest BCUT2D eigenvalue weighted by Gasteiger charge is 2.28. The highest BCUT2D eigenvalue weighted by atomic mass is 79.9. The Morgan fingerprint density at radius 2 is 2.05 bits per heavy atom. The molecule has 0 radical (unpaired) electrons. The van der Waals surface area contributed by atoms with E-state index in [1.54, 1.807) is 18.4 Å². The van der Waals surface area contributed by atoms with Crippen molar-refractivity contribution in [1.82, 2.24) is 5.32 Å². The molecule has 21 heavy (non-hydrogen) atoms. The highest BCUT2D eigenvalue weighted by molar-refractivity contribution is 9.11. The Labute approximate surface area is 138 Å². The van der Waals surface area contributed by atoms with Crippen LogP contribution in [0.2, 0.25) is 0 Å². The molecule has 1 aliphatic rings. The van der Waals surface area contributed by atoms with E-state index in [0.29, 0.717) is 24.7 Å². The van der Waals surface area contributed by atoms with Crippen LogP contribution in [-0.2, 0) is 4.79 Å². The molecule has 2 rings (SSSR count). The van der Waals surface area contributed by atoms with Crippen molar-refractivity contribution in [3.05, 3.63) is 14.9 Å². The van der Waals surface area contributed by atoms with Crippen LogP contribution in [0.25, 0.3) is 0 Å². The first-order valence-corrected chi connectivity index (χ1v) is 8.89. The first kappa shape index (κ1) is 16.5. The summed E-state index contributed by atoms with van der Waals surface area (Å²) >= 11 is 5.13. The SMILES string of the molecule is CCN(c1sc(Br)c(C(=O)NC)c1C)C1CCC(=O)CC1. The number of nitrogens with one attached hydrogen (secondary N) is 1. The van der Waals surface area contributed by atoms with Gasteiger partial charge in [-0.3, -0.25) is 9.59 Å². The van der Waals surface area contributed by atoms with Crippen LogP contribution >= 0.6 is 27.3 Å². The zero-order valence-corrected chi connectivity index (χ0v) is 15.1. The van der Waals surface area contributed by atoms with E-state index in [-0.39, 0.29) is 5.91 Å². The monoisotopic (exact) mass is 372 g/mol. The van der Waals surface area contributed by atoms with Crippen LogP contribution in [0.5, 0.6) is 0 Å². The van der Waals surface area contributed by atoms with Crippen molar-refractivity contribution in [3.63, 3.8) is 0 Å².